The molecule has 12 heteroatoms. The predicted molar refractivity (Wildman–Crippen MR) is 117 cm³/mol. The third kappa shape index (κ3) is 5.26. The second kappa shape index (κ2) is 9.72. The number of methoxy groups -OCH3 is 2. The Bertz CT molecular complexity index is 1100. The van der Waals surface area contributed by atoms with Crippen LogP contribution in [0.3, 0.4) is 0 Å². The number of nitrogens with one attached hydrogen (secondary N) is 2. The zero-order valence-corrected chi connectivity index (χ0v) is 19.4. The van der Waals surface area contributed by atoms with E-state index in [9.17, 15) is 27.6 Å². The SMILES string of the molecule is COc1cc(CN2C(=O)N[C@@](NC(=O)c3ccc(OC(C)C)cc3)(C(F)(F)F)C2=O)cc(OC)c1. The summed E-state index contributed by atoms with van der Waals surface area (Å²) < 4.78 is 58.1. The molecule has 1 aliphatic rings. The number of nitrogens with zero attached hydrogens (tertiary/aromatic N) is 1. The lowest BCUT2D eigenvalue weighted by molar-refractivity contribution is -0.200. The molecule has 1 aliphatic heterocycles. The van der Waals surface area contributed by atoms with Crippen molar-refractivity contribution >= 4 is 17.8 Å². The van der Waals surface area contributed by atoms with Gasteiger partial charge in [0.05, 0.1) is 26.9 Å². The molecule has 1 saturated heterocycles. The number of benzene rings is 2. The molecule has 0 unspecified atom stereocenters. The van der Waals surface area contributed by atoms with Gasteiger partial charge >= 0.3 is 12.2 Å². The van der Waals surface area contributed by atoms with E-state index in [1.54, 1.807) is 24.5 Å². The van der Waals surface area contributed by atoms with Crippen LogP contribution >= 0.6 is 0 Å². The van der Waals surface area contributed by atoms with Gasteiger partial charge in [-0.3, -0.25) is 19.8 Å². The molecule has 2 aromatic carbocycles. The molecule has 35 heavy (non-hydrogen) atoms. The summed E-state index contributed by atoms with van der Waals surface area (Å²) in [7, 11) is 2.75. The Hall–Kier alpha value is -3.96. The van der Waals surface area contributed by atoms with Gasteiger partial charge in [-0.05, 0) is 55.8 Å². The van der Waals surface area contributed by atoms with Gasteiger partial charge in [-0.15, -0.1) is 0 Å². The van der Waals surface area contributed by atoms with Gasteiger partial charge < -0.3 is 19.5 Å². The summed E-state index contributed by atoms with van der Waals surface area (Å²) >= 11 is 0. The summed E-state index contributed by atoms with van der Waals surface area (Å²) in [5, 5.41) is 3.29. The van der Waals surface area contributed by atoms with Crippen molar-refractivity contribution in [1.82, 2.24) is 15.5 Å². The highest BCUT2D eigenvalue weighted by Gasteiger charge is 2.68. The lowest BCUT2D eigenvalue weighted by Gasteiger charge is -2.30. The van der Waals surface area contributed by atoms with E-state index in [4.69, 9.17) is 14.2 Å². The van der Waals surface area contributed by atoms with Crippen molar-refractivity contribution in [2.45, 2.75) is 38.3 Å². The van der Waals surface area contributed by atoms with Crippen LogP contribution in [0.2, 0.25) is 0 Å². The Labute approximate surface area is 199 Å². The van der Waals surface area contributed by atoms with Crippen LogP contribution < -0.4 is 24.8 Å². The van der Waals surface area contributed by atoms with E-state index in [1.165, 1.54) is 56.7 Å². The summed E-state index contributed by atoms with van der Waals surface area (Å²) in [5.41, 5.74) is -3.53. The Morgan fingerprint density at radius 1 is 1.03 bits per heavy atom. The van der Waals surface area contributed by atoms with Crippen LogP contribution in [0.25, 0.3) is 0 Å². The van der Waals surface area contributed by atoms with Gasteiger partial charge in [0.15, 0.2) is 0 Å². The molecule has 0 aliphatic carbocycles. The quantitative estimate of drug-likeness (QED) is 0.545. The number of hydrogen-bond donors (Lipinski definition) is 2. The average Bonchev–Trinajstić information content (AvgIpc) is 3.03. The number of alkyl halides is 3. The topological polar surface area (TPSA) is 106 Å². The fourth-order valence-corrected chi connectivity index (χ4v) is 3.41. The number of ether oxygens (including phenoxy) is 3. The maximum absolute atomic E-state index is 14.1. The van der Waals surface area contributed by atoms with Crippen molar-refractivity contribution in [2.24, 2.45) is 0 Å². The number of rotatable bonds is 8. The smallest absolute Gasteiger partial charge is 0.440 e. The summed E-state index contributed by atoms with van der Waals surface area (Å²) in [5.74, 6) is -1.85. The van der Waals surface area contributed by atoms with E-state index in [1.807, 2.05) is 0 Å². The number of carbonyl (C=O) groups excluding carboxylic acids is 3. The van der Waals surface area contributed by atoms with Gasteiger partial charge in [0.1, 0.15) is 17.2 Å². The van der Waals surface area contributed by atoms with Crippen LogP contribution in [0.15, 0.2) is 42.5 Å². The molecule has 3 rings (SSSR count). The van der Waals surface area contributed by atoms with Crippen molar-refractivity contribution in [3.05, 3.63) is 53.6 Å². The van der Waals surface area contributed by atoms with Crippen LogP contribution in [0.4, 0.5) is 18.0 Å². The monoisotopic (exact) mass is 495 g/mol. The highest BCUT2D eigenvalue weighted by atomic mass is 19.4. The number of halogens is 3. The predicted octanol–water partition coefficient (Wildman–Crippen LogP) is 3.23. The molecule has 0 aromatic heterocycles. The third-order valence-electron chi connectivity index (χ3n) is 5.07. The third-order valence-corrected chi connectivity index (χ3v) is 5.07. The van der Waals surface area contributed by atoms with E-state index in [-0.39, 0.29) is 17.2 Å². The minimum atomic E-state index is -5.34. The largest absolute Gasteiger partial charge is 0.497 e. The maximum atomic E-state index is 14.1. The molecule has 0 bridgehead atoms. The van der Waals surface area contributed by atoms with E-state index in [0.29, 0.717) is 22.1 Å². The van der Waals surface area contributed by atoms with E-state index < -0.39 is 36.2 Å². The molecule has 9 nitrogen and oxygen atoms in total. The number of urea groups is 1. The summed E-state index contributed by atoms with van der Waals surface area (Å²) in [6, 6.07) is 8.39. The van der Waals surface area contributed by atoms with Crippen molar-refractivity contribution in [3.8, 4) is 17.2 Å². The molecule has 188 valence electrons. The van der Waals surface area contributed by atoms with Crippen molar-refractivity contribution in [1.29, 1.82) is 0 Å². The molecule has 1 atom stereocenters. The standard InChI is InChI=1S/C23H24F3N3O6/c1-13(2)35-16-7-5-15(6-8-16)19(30)27-22(23(24,25)26)20(31)29(21(32)28-22)12-14-9-17(33-3)11-18(10-14)34-4/h5-11,13H,12H2,1-4H3,(H,27,30)(H,28,32)/t22-/m1/s1. The lowest BCUT2D eigenvalue weighted by atomic mass is 10.1. The van der Waals surface area contributed by atoms with Crippen LogP contribution in [-0.4, -0.2) is 54.9 Å². The van der Waals surface area contributed by atoms with Crippen LogP contribution in [0.5, 0.6) is 17.2 Å². The summed E-state index contributed by atoms with van der Waals surface area (Å²) in [6.07, 6.45) is -5.48. The van der Waals surface area contributed by atoms with Crippen LogP contribution in [0.1, 0.15) is 29.8 Å². The van der Waals surface area contributed by atoms with Gasteiger partial charge in [0.2, 0.25) is 0 Å². The average molecular weight is 495 g/mol. The first-order chi connectivity index (χ1) is 16.4. The first kappa shape index (κ1) is 25.7. The summed E-state index contributed by atoms with van der Waals surface area (Å²) in [4.78, 5) is 38.5. The molecule has 2 N–H and O–H groups in total. The maximum Gasteiger partial charge on any atom is 0.440 e. The Morgan fingerprint density at radius 2 is 1.60 bits per heavy atom. The molecule has 2 aromatic rings. The van der Waals surface area contributed by atoms with Gasteiger partial charge in [-0.2, -0.15) is 13.2 Å². The van der Waals surface area contributed by atoms with Crippen molar-refractivity contribution in [3.63, 3.8) is 0 Å². The normalized spacial score (nSPS) is 17.9. The minimum absolute atomic E-state index is 0.148. The van der Waals surface area contributed by atoms with Crippen LogP contribution in [0, 0.1) is 0 Å². The van der Waals surface area contributed by atoms with Gasteiger partial charge in [0, 0.05) is 11.6 Å². The highest BCUT2D eigenvalue weighted by molar-refractivity contribution is 6.10. The van der Waals surface area contributed by atoms with Gasteiger partial charge in [0.25, 0.3) is 17.5 Å². The van der Waals surface area contributed by atoms with Crippen LogP contribution in [-0.2, 0) is 11.3 Å². The number of hydrogen-bond acceptors (Lipinski definition) is 6. The first-order valence-corrected chi connectivity index (χ1v) is 10.4. The van der Waals surface area contributed by atoms with E-state index in [0.717, 1.165) is 0 Å². The van der Waals surface area contributed by atoms with E-state index >= 15 is 0 Å². The van der Waals surface area contributed by atoms with Gasteiger partial charge in [-0.25, -0.2) is 4.79 Å². The molecular formula is C23H24F3N3O6. The van der Waals surface area contributed by atoms with E-state index in [2.05, 4.69) is 0 Å². The molecular weight excluding hydrogens is 471 g/mol. The zero-order valence-electron chi connectivity index (χ0n) is 19.4. The Kier molecular flexibility index (Phi) is 7.13. The minimum Gasteiger partial charge on any atom is -0.497 e. The van der Waals surface area contributed by atoms with Crippen molar-refractivity contribution < 1.29 is 41.8 Å². The zero-order chi connectivity index (χ0) is 26.0. The summed E-state index contributed by atoms with van der Waals surface area (Å²) in [6.45, 7) is 3.05. The second-order valence-electron chi connectivity index (χ2n) is 7.94. The Balaban J connectivity index is 1.88. The molecule has 4 amide bonds. The molecule has 0 radical (unpaired) electrons. The number of imide groups is 1. The fraction of sp³-hybridized carbons (Fsp3) is 0.348. The fourth-order valence-electron chi connectivity index (χ4n) is 3.41. The first-order valence-electron chi connectivity index (χ1n) is 10.4. The van der Waals surface area contributed by atoms with Gasteiger partial charge in [-0.1, -0.05) is 0 Å². The molecule has 1 heterocycles. The van der Waals surface area contributed by atoms with Crippen molar-refractivity contribution in [2.75, 3.05) is 14.2 Å². The second-order valence-corrected chi connectivity index (χ2v) is 7.94. The highest BCUT2D eigenvalue weighted by Crippen LogP contribution is 2.35. The Morgan fingerprint density at radius 3 is 2.09 bits per heavy atom. The molecule has 1 fully saturated rings. The lowest BCUT2D eigenvalue weighted by Crippen LogP contribution is -2.69. The number of amides is 4. The molecule has 0 spiro atoms. The number of carbonyl (C=O) groups is 3. The molecule has 0 saturated carbocycles.